The Morgan fingerprint density at radius 3 is 2.44 bits per heavy atom. The summed E-state index contributed by atoms with van der Waals surface area (Å²) in [5.74, 6) is 1.71. The van der Waals surface area contributed by atoms with E-state index < -0.39 is 0 Å². The Labute approximate surface area is 109 Å². The smallest absolute Gasteiger partial charge is 0.122 e. The van der Waals surface area contributed by atoms with Crippen LogP contribution in [0.25, 0.3) is 0 Å². The molecule has 1 saturated heterocycles. The molecule has 0 aliphatic carbocycles. The van der Waals surface area contributed by atoms with E-state index in [1.54, 1.807) is 14.2 Å². The second-order valence-corrected chi connectivity index (χ2v) is 4.81. The van der Waals surface area contributed by atoms with Crippen LogP contribution in [0.3, 0.4) is 0 Å². The van der Waals surface area contributed by atoms with E-state index in [1.165, 1.54) is 5.56 Å². The maximum Gasteiger partial charge on any atom is 0.122 e. The molecule has 4 heteroatoms. The van der Waals surface area contributed by atoms with Crippen LogP contribution < -0.4 is 14.8 Å². The predicted octanol–water partition coefficient (Wildman–Crippen LogP) is 1.50. The lowest BCUT2D eigenvalue weighted by Gasteiger charge is -2.31. The van der Waals surface area contributed by atoms with Crippen molar-refractivity contribution in [1.82, 2.24) is 10.2 Å². The van der Waals surface area contributed by atoms with Gasteiger partial charge in [0.2, 0.25) is 0 Å². The highest BCUT2D eigenvalue weighted by molar-refractivity contribution is 5.38. The summed E-state index contributed by atoms with van der Waals surface area (Å²) in [5.41, 5.74) is 1.24. The molecule has 0 spiro atoms. The second-order valence-electron chi connectivity index (χ2n) is 4.81. The average Bonchev–Trinajstić information content (AvgIpc) is 2.38. The van der Waals surface area contributed by atoms with Gasteiger partial charge in [0.25, 0.3) is 0 Å². The summed E-state index contributed by atoms with van der Waals surface area (Å²) >= 11 is 0. The third-order valence-electron chi connectivity index (χ3n) is 3.27. The van der Waals surface area contributed by atoms with E-state index in [0.29, 0.717) is 6.04 Å². The molecule has 0 unspecified atom stereocenters. The summed E-state index contributed by atoms with van der Waals surface area (Å²) in [6.45, 7) is 6.39. The Balaban J connectivity index is 2.07. The Morgan fingerprint density at radius 2 is 1.89 bits per heavy atom. The Morgan fingerprint density at radius 1 is 1.22 bits per heavy atom. The topological polar surface area (TPSA) is 33.7 Å². The monoisotopic (exact) mass is 250 g/mol. The van der Waals surface area contributed by atoms with E-state index in [4.69, 9.17) is 9.47 Å². The number of hydrogen-bond acceptors (Lipinski definition) is 4. The van der Waals surface area contributed by atoms with Crippen LogP contribution in [-0.2, 0) is 6.54 Å². The quantitative estimate of drug-likeness (QED) is 0.878. The first-order valence-corrected chi connectivity index (χ1v) is 6.39. The average molecular weight is 250 g/mol. The van der Waals surface area contributed by atoms with Crippen molar-refractivity contribution >= 4 is 0 Å². The lowest BCUT2D eigenvalue weighted by Crippen LogP contribution is -2.48. The molecular formula is C14H22N2O2. The molecule has 0 bridgehead atoms. The standard InChI is InChI=1S/C14H22N2O2/c1-11-9-16(5-4-15-11)10-12-6-13(17-2)8-14(7-12)18-3/h6-8,11,15H,4-5,9-10H2,1-3H3/t11-/m1/s1. The number of rotatable bonds is 4. The van der Waals surface area contributed by atoms with Crippen molar-refractivity contribution in [2.24, 2.45) is 0 Å². The molecular weight excluding hydrogens is 228 g/mol. The van der Waals surface area contributed by atoms with Crippen LogP contribution in [0.2, 0.25) is 0 Å². The summed E-state index contributed by atoms with van der Waals surface area (Å²) in [6, 6.07) is 6.63. The van der Waals surface area contributed by atoms with E-state index in [-0.39, 0.29) is 0 Å². The van der Waals surface area contributed by atoms with Crippen molar-refractivity contribution in [3.05, 3.63) is 23.8 Å². The van der Waals surface area contributed by atoms with Crippen LogP contribution in [0, 0.1) is 0 Å². The first kappa shape index (κ1) is 13.2. The molecule has 1 aliphatic heterocycles. The SMILES string of the molecule is COc1cc(CN2CCN[C@H](C)C2)cc(OC)c1. The summed E-state index contributed by atoms with van der Waals surface area (Å²) in [4.78, 5) is 2.45. The van der Waals surface area contributed by atoms with Gasteiger partial charge >= 0.3 is 0 Å². The molecule has 1 atom stereocenters. The normalized spacial score (nSPS) is 20.7. The maximum atomic E-state index is 5.30. The number of ether oxygens (including phenoxy) is 2. The highest BCUT2D eigenvalue weighted by Crippen LogP contribution is 2.23. The molecule has 1 aromatic carbocycles. The summed E-state index contributed by atoms with van der Waals surface area (Å²) in [5, 5.41) is 3.45. The molecule has 2 rings (SSSR count). The van der Waals surface area contributed by atoms with E-state index in [1.807, 2.05) is 6.07 Å². The van der Waals surface area contributed by atoms with Crippen molar-refractivity contribution in [2.45, 2.75) is 19.5 Å². The number of piperazine rings is 1. The van der Waals surface area contributed by atoms with Crippen LogP contribution >= 0.6 is 0 Å². The summed E-state index contributed by atoms with van der Waals surface area (Å²) in [6.07, 6.45) is 0. The molecule has 1 aromatic rings. The molecule has 0 saturated carbocycles. The highest BCUT2D eigenvalue weighted by Gasteiger charge is 2.16. The first-order valence-electron chi connectivity index (χ1n) is 6.39. The van der Waals surface area contributed by atoms with Gasteiger partial charge in [0.15, 0.2) is 0 Å². The molecule has 1 heterocycles. The van der Waals surface area contributed by atoms with Crippen molar-refractivity contribution in [3.8, 4) is 11.5 Å². The van der Waals surface area contributed by atoms with Gasteiger partial charge in [0.05, 0.1) is 14.2 Å². The first-order chi connectivity index (χ1) is 8.71. The molecule has 0 aromatic heterocycles. The summed E-state index contributed by atoms with van der Waals surface area (Å²) in [7, 11) is 3.37. The largest absolute Gasteiger partial charge is 0.497 e. The van der Waals surface area contributed by atoms with Crippen LogP contribution in [-0.4, -0.2) is 44.8 Å². The van der Waals surface area contributed by atoms with Gasteiger partial charge in [-0.2, -0.15) is 0 Å². The molecule has 0 amide bonds. The number of methoxy groups -OCH3 is 2. The van der Waals surface area contributed by atoms with Gasteiger partial charge < -0.3 is 14.8 Å². The van der Waals surface area contributed by atoms with Gasteiger partial charge in [0, 0.05) is 38.3 Å². The highest BCUT2D eigenvalue weighted by atomic mass is 16.5. The fourth-order valence-electron chi connectivity index (χ4n) is 2.37. The fourth-order valence-corrected chi connectivity index (χ4v) is 2.37. The third-order valence-corrected chi connectivity index (χ3v) is 3.27. The predicted molar refractivity (Wildman–Crippen MR) is 72.3 cm³/mol. The Bertz CT molecular complexity index is 373. The van der Waals surface area contributed by atoms with Crippen molar-refractivity contribution < 1.29 is 9.47 Å². The van der Waals surface area contributed by atoms with Gasteiger partial charge in [-0.1, -0.05) is 0 Å². The van der Waals surface area contributed by atoms with Gasteiger partial charge in [-0.3, -0.25) is 4.90 Å². The number of hydrogen-bond donors (Lipinski definition) is 1. The van der Waals surface area contributed by atoms with E-state index in [9.17, 15) is 0 Å². The lowest BCUT2D eigenvalue weighted by atomic mass is 10.1. The molecule has 0 radical (unpaired) electrons. The summed E-state index contributed by atoms with van der Waals surface area (Å²) < 4.78 is 10.6. The third kappa shape index (κ3) is 3.37. The number of nitrogens with one attached hydrogen (secondary N) is 1. The van der Waals surface area contributed by atoms with E-state index >= 15 is 0 Å². The van der Waals surface area contributed by atoms with E-state index in [2.05, 4.69) is 29.3 Å². The lowest BCUT2D eigenvalue weighted by molar-refractivity contribution is 0.199. The molecule has 100 valence electrons. The van der Waals surface area contributed by atoms with Gasteiger partial charge in [-0.15, -0.1) is 0 Å². The van der Waals surface area contributed by atoms with Crippen LogP contribution in [0.1, 0.15) is 12.5 Å². The number of benzene rings is 1. The Hall–Kier alpha value is -1.26. The molecule has 1 aliphatic rings. The van der Waals surface area contributed by atoms with Crippen LogP contribution in [0.4, 0.5) is 0 Å². The maximum absolute atomic E-state index is 5.30. The van der Waals surface area contributed by atoms with Crippen molar-refractivity contribution in [2.75, 3.05) is 33.9 Å². The Kier molecular flexibility index (Phi) is 4.44. The van der Waals surface area contributed by atoms with Crippen LogP contribution in [0.15, 0.2) is 18.2 Å². The van der Waals surface area contributed by atoms with E-state index in [0.717, 1.165) is 37.7 Å². The zero-order valence-corrected chi connectivity index (χ0v) is 11.4. The zero-order valence-electron chi connectivity index (χ0n) is 11.4. The zero-order chi connectivity index (χ0) is 13.0. The molecule has 4 nitrogen and oxygen atoms in total. The fraction of sp³-hybridized carbons (Fsp3) is 0.571. The molecule has 1 N–H and O–H groups in total. The molecule has 1 fully saturated rings. The minimum atomic E-state index is 0.561. The second kappa shape index (κ2) is 6.07. The van der Waals surface area contributed by atoms with Gasteiger partial charge in [-0.05, 0) is 24.6 Å². The minimum absolute atomic E-state index is 0.561. The number of nitrogens with zero attached hydrogens (tertiary/aromatic N) is 1. The molecule has 18 heavy (non-hydrogen) atoms. The van der Waals surface area contributed by atoms with Crippen LogP contribution in [0.5, 0.6) is 11.5 Å². The van der Waals surface area contributed by atoms with Crippen molar-refractivity contribution in [3.63, 3.8) is 0 Å². The van der Waals surface area contributed by atoms with Gasteiger partial charge in [-0.25, -0.2) is 0 Å². The van der Waals surface area contributed by atoms with Crippen molar-refractivity contribution in [1.29, 1.82) is 0 Å². The minimum Gasteiger partial charge on any atom is -0.497 e. The van der Waals surface area contributed by atoms with Gasteiger partial charge in [0.1, 0.15) is 11.5 Å².